The van der Waals surface area contributed by atoms with E-state index in [1.54, 1.807) is 6.07 Å². The van der Waals surface area contributed by atoms with Gasteiger partial charge in [-0.2, -0.15) is 0 Å². The number of rotatable bonds is 4. The summed E-state index contributed by atoms with van der Waals surface area (Å²) in [6.45, 7) is 0.752. The highest BCUT2D eigenvalue weighted by Crippen LogP contribution is 2.43. The average Bonchev–Trinajstić information content (AvgIpc) is 3.49. The van der Waals surface area contributed by atoms with E-state index in [-0.39, 0.29) is 40.0 Å². The Morgan fingerprint density at radius 3 is 2.38 bits per heavy atom. The fourth-order valence-corrected chi connectivity index (χ4v) is 4.19. The Morgan fingerprint density at radius 1 is 1.10 bits per heavy atom. The number of nitrogens with zero attached hydrogens (tertiary/aromatic N) is 1. The summed E-state index contributed by atoms with van der Waals surface area (Å²) in [5.41, 5.74) is 0.192. The summed E-state index contributed by atoms with van der Waals surface area (Å²) in [7, 11) is 0. The Bertz CT molecular complexity index is 960. The molecule has 2 fully saturated rings. The van der Waals surface area contributed by atoms with Crippen molar-refractivity contribution in [3.05, 3.63) is 58.6 Å². The van der Waals surface area contributed by atoms with Gasteiger partial charge in [-0.25, -0.2) is 17.6 Å². The number of carbonyl (C=O) groups excluding carboxylic acids is 1. The van der Waals surface area contributed by atoms with E-state index in [9.17, 15) is 18.0 Å². The minimum Gasteiger partial charge on any atom is -0.333 e. The van der Waals surface area contributed by atoms with Gasteiger partial charge in [0.2, 0.25) is 5.91 Å². The first-order valence-corrected chi connectivity index (χ1v) is 9.98. The number of amides is 1. The monoisotopic (exact) mass is 425 g/mol. The van der Waals surface area contributed by atoms with E-state index in [0.29, 0.717) is 12.8 Å². The molecule has 4 rings (SSSR count). The highest BCUT2D eigenvalue weighted by atomic mass is 35.5. The van der Waals surface area contributed by atoms with Crippen molar-refractivity contribution in [1.82, 2.24) is 4.90 Å². The van der Waals surface area contributed by atoms with Crippen LogP contribution in [-0.4, -0.2) is 29.3 Å². The maximum atomic E-state index is 15.2. The molecule has 2 aromatic rings. The first kappa shape index (κ1) is 20.2. The van der Waals surface area contributed by atoms with Crippen LogP contribution in [0.2, 0.25) is 5.02 Å². The van der Waals surface area contributed by atoms with Gasteiger partial charge in [-0.3, -0.25) is 4.79 Å². The van der Waals surface area contributed by atoms with Crippen molar-refractivity contribution in [3.63, 3.8) is 0 Å². The first-order valence-electron chi connectivity index (χ1n) is 9.60. The Labute approximate surface area is 171 Å². The van der Waals surface area contributed by atoms with Crippen LogP contribution in [0.15, 0.2) is 36.4 Å². The second-order valence-corrected chi connectivity index (χ2v) is 8.35. The second-order valence-electron chi connectivity index (χ2n) is 7.94. The molecule has 1 aliphatic heterocycles. The molecule has 2 aromatic carbocycles. The summed E-state index contributed by atoms with van der Waals surface area (Å²) < 4.78 is 58.4. The number of likely N-dealkylation sites (tertiary alicyclic amines) is 1. The summed E-state index contributed by atoms with van der Waals surface area (Å²) in [4.78, 5) is 13.7. The van der Waals surface area contributed by atoms with Crippen LogP contribution in [0, 0.1) is 23.5 Å². The molecule has 0 unspecified atom stereocenters. The minimum atomic E-state index is -3.03. The van der Waals surface area contributed by atoms with Crippen LogP contribution >= 0.6 is 11.6 Å². The van der Waals surface area contributed by atoms with Crippen molar-refractivity contribution in [1.29, 1.82) is 0 Å². The molecular formula is C22H20ClF4NO. The maximum absolute atomic E-state index is 15.2. The molecule has 1 heterocycles. The molecule has 1 saturated heterocycles. The molecule has 0 N–H and O–H groups in total. The van der Waals surface area contributed by atoms with Gasteiger partial charge < -0.3 is 4.90 Å². The fourth-order valence-electron chi connectivity index (χ4n) is 4.02. The molecule has 2 atom stereocenters. The Morgan fingerprint density at radius 2 is 1.72 bits per heavy atom. The highest BCUT2D eigenvalue weighted by Gasteiger charge is 2.54. The van der Waals surface area contributed by atoms with Gasteiger partial charge in [0.1, 0.15) is 11.6 Å². The van der Waals surface area contributed by atoms with Crippen LogP contribution in [0.3, 0.4) is 0 Å². The van der Waals surface area contributed by atoms with Crippen LogP contribution in [0.25, 0.3) is 11.1 Å². The van der Waals surface area contributed by atoms with Gasteiger partial charge in [-0.15, -0.1) is 0 Å². The normalized spacial score (nSPS) is 23.4. The summed E-state index contributed by atoms with van der Waals surface area (Å²) in [5.74, 6) is -6.03. The van der Waals surface area contributed by atoms with Crippen molar-refractivity contribution in [3.8, 4) is 11.1 Å². The fraction of sp³-hybridized carbons (Fsp3) is 0.409. The summed E-state index contributed by atoms with van der Waals surface area (Å²) in [6.07, 6.45) is 1.36. The lowest BCUT2D eigenvalue weighted by Crippen LogP contribution is -2.40. The van der Waals surface area contributed by atoms with Crippen LogP contribution in [0.1, 0.15) is 25.3 Å². The van der Waals surface area contributed by atoms with Gasteiger partial charge >= 0.3 is 0 Å². The quantitative estimate of drug-likeness (QED) is 0.574. The molecule has 1 saturated carbocycles. The standard InChI is InChI=1S/C22H20ClF4NO/c1-12-18(28(11-22(12,26)27)21(29)13-8-9-13)10-14-4-2-5-15(19(14)24)16-6-3-7-17(23)20(16)25/h2-7,12-13,18H,8-11H2,1H3/t12-,18+/m1/s1. The van der Waals surface area contributed by atoms with Crippen molar-refractivity contribution in [2.45, 2.75) is 38.2 Å². The van der Waals surface area contributed by atoms with E-state index in [1.165, 1.54) is 42.2 Å². The molecule has 1 amide bonds. The molecule has 7 heteroatoms. The molecule has 154 valence electrons. The molecule has 0 radical (unpaired) electrons. The third-order valence-corrected chi connectivity index (χ3v) is 6.28. The topological polar surface area (TPSA) is 20.3 Å². The lowest BCUT2D eigenvalue weighted by Gasteiger charge is -2.27. The zero-order valence-electron chi connectivity index (χ0n) is 15.8. The number of hydrogen-bond acceptors (Lipinski definition) is 1. The average molecular weight is 426 g/mol. The lowest BCUT2D eigenvalue weighted by molar-refractivity contribution is -0.134. The van der Waals surface area contributed by atoms with Crippen molar-refractivity contribution < 1.29 is 22.4 Å². The first-order chi connectivity index (χ1) is 13.7. The largest absolute Gasteiger partial charge is 0.333 e. The van der Waals surface area contributed by atoms with E-state index in [2.05, 4.69) is 0 Å². The third-order valence-electron chi connectivity index (χ3n) is 5.98. The summed E-state index contributed by atoms with van der Waals surface area (Å²) in [6, 6.07) is 7.95. The SMILES string of the molecule is C[C@@H]1[C@H](Cc2cccc(-c3cccc(Cl)c3F)c2F)N(C(=O)C2CC2)CC1(F)F. The van der Waals surface area contributed by atoms with Crippen LogP contribution in [-0.2, 0) is 11.2 Å². The molecule has 0 aromatic heterocycles. The molecule has 2 aliphatic rings. The predicted octanol–water partition coefficient (Wildman–Crippen LogP) is 5.72. The zero-order chi connectivity index (χ0) is 20.9. The lowest BCUT2D eigenvalue weighted by atomic mass is 9.91. The predicted molar refractivity (Wildman–Crippen MR) is 103 cm³/mol. The van der Waals surface area contributed by atoms with Crippen LogP contribution in [0.4, 0.5) is 17.6 Å². The number of halogens is 5. The molecule has 0 bridgehead atoms. The molecule has 1 aliphatic carbocycles. The summed E-state index contributed by atoms with van der Waals surface area (Å²) >= 11 is 5.81. The molecular weight excluding hydrogens is 406 g/mol. The minimum absolute atomic E-state index is 0.00700. The van der Waals surface area contributed by atoms with Gasteiger partial charge in [-0.05, 0) is 30.9 Å². The molecule has 2 nitrogen and oxygen atoms in total. The summed E-state index contributed by atoms with van der Waals surface area (Å²) in [5, 5.41) is -0.127. The van der Waals surface area contributed by atoms with E-state index in [4.69, 9.17) is 11.6 Å². The maximum Gasteiger partial charge on any atom is 0.269 e. The number of benzene rings is 2. The van der Waals surface area contributed by atoms with Crippen molar-refractivity contribution in [2.24, 2.45) is 11.8 Å². The Balaban J connectivity index is 1.68. The van der Waals surface area contributed by atoms with Gasteiger partial charge in [-0.1, -0.05) is 48.9 Å². The number of hydrogen-bond donors (Lipinski definition) is 0. The smallest absolute Gasteiger partial charge is 0.269 e. The highest BCUT2D eigenvalue weighted by molar-refractivity contribution is 6.31. The van der Waals surface area contributed by atoms with Gasteiger partial charge in [0.25, 0.3) is 5.92 Å². The van der Waals surface area contributed by atoms with Gasteiger partial charge in [0.05, 0.1) is 11.6 Å². The van der Waals surface area contributed by atoms with E-state index in [0.717, 1.165) is 0 Å². The van der Waals surface area contributed by atoms with Gasteiger partial charge in [0.15, 0.2) is 0 Å². The van der Waals surface area contributed by atoms with E-state index in [1.807, 2.05) is 0 Å². The third kappa shape index (κ3) is 3.63. The molecule has 0 spiro atoms. The van der Waals surface area contributed by atoms with E-state index >= 15 is 4.39 Å². The Hall–Kier alpha value is -2.08. The molecule has 29 heavy (non-hydrogen) atoms. The van der Waals surface area contributed by atoms with Crippen molar-refractivity contribution in [2.75, 3.05) is 6.54 Å². The van der Waals surface area contributed by atoms with Crippen LogP contribution in [0.5, 0.6) is 0 Å². The second kappa shape index (κ2) is 7.31. The zero-order valence-corrected chi connectivity index (χ0v) is 16.5. The Kier molecular flexibility index (Phi) is 5.09. The van der Waals surface area contributed by atoms with Crippen LogP contribution < -0.4 is 0 Å². The van der Waals surface area contributed by atoms with Gasteiger partial charge in [0, 0.05) is 29.0 Å². The number of carbonyl (C=O) groups is 1. The number of alkyl halides is 2. The van der Waals surface area contributed by atoms with E-state index < -0.39 is 36.1 Å². The van der Waals surface area contributed by atoms with Crippen molar-refractivity contribution >= 4 is 17.5 Å².